The van der Waals surface area contributed by atoms with Crippen molar-refractivity contribution in [3.05, 3.63) is 45.9 Å². The van der Waals surface area contributed by atoms with E-state index in [1.807, 2.05) is 13.1 Å². The van der Waals surface area contributed by atoms with Crippen LogP contribution in [0, 0.1) is 6.92 Å². The topological polar surface area (TPSA) is 34.1 Å². The predicted molar refractivity (Wildman–Crippen MR) is 89.1 cm³/mol. The summed E-state index contributed by atoms with van der Waals surface area (Å²) < 4.78 is 5.78. The summed E-state index contributed by atoms with van der Waals surface area (Å²) in [5.74, 6) is 0.921. The first-order valence-electron chi connectivity index (χ1n) is 7.53. The summed E-state index contributed by atoms with van der Waals surface area (Å²) in [4.78, 5) is 5.39. The molecule has 3 nitrogen and oxygen atoms in total. The molecule has 114 valence electrons. The van der Waals surface area contributed by atoms with Crippen LogP contribution in [0.25, 0.3) is 0 Å². The maximum Gasteiger partial charge on any atom is 0.124 e. The molecule has 0 aliphatic heterocycles. The number of hydrogen-bond donors (Lipinski definition) is 1. The molecule has 1 heterocycles. The van der Waals surface area contributed by atoms with Crippen LogP contribution in [0.5, 0.6) is 5.75 Å². The lowest BCUT2D eigenvalue weighted by atomic mass is 10.1. The summed E-state index contributed by atoms with van der Waals surface area (Å²) >= 11 is 1.68. The summed E-state index contributed by atoms with van der Waals surface area (Å²) in [6, 6.07) is 9.00. The molecule has 2 rings (SSSR count). The Labute approximate surface area is 131 Å². The maximum atomic E-state index is 5.78. The van der Waals surface area contributed by atoms with Gasteiger partial charge in [0.25, 0.3) is 0 Å². The first kappa shape index (κ1) is 16.0. The van der Waals surface area contributed by atoms with Gasteiger partial charge in [-0.25, -0.2) is 4.98 Å². The van der Waals surface area contributed by atoms with Gasteiger partial charge in [-0.3, -0.25) is 0 Å². The van der Waals surface area contributed by atoms with Crippen LogP contribution in [-0.4, -0.2) is 17.6 Å². The van der Waals surface area contributed by atoms with Crippen molar-refractivity contribution in [1.29, 1.82) is 0 Å². The highest BCUT2D eigenvalue weighted by Gasteiger charge is 2.02. The Morgan fingerprint density at radius 1 is 1.29 bits per heavy atom. The van der Waals surface area contributed by atoms with Crippen LogP contribution < -0.4 is 10.1 Å². The minimum atomic E-state index is 0.570. The Bertz CT molecular complexity index is 536. The second kappa shape index (κ2) is 8.15. The number of aryl methyl sites for hydroxylation is 2. The average Bonchev–Trinajstić information content (AvgIpc) is 2.90. The fourth-order valence-corrected chi connectivity index (χ4v) is 2.92. The first-order chi connectivity index (χ1) is 10.2. The Kier molecular flexibility index (Phi) is 6.21. The second-order valence-electron chi connectivity index (χ2n) is 5.28. The number of thiazole rings is 1. The molecule has 1 N–H and O–H groups in total. The minimum Gasteiger partial charge on any atom is -0.488 e. The van der Waals surface area contributed by atoms with Gasteiger partial charge in [0.1, 0.15) is 12.4 Å². The zero-order chi connectivity index (χ0) is 15.1. The molecule has 0 amide bonds. The van der Waals surface area contributed by atoms with Gasteiger partial charge in [-0.2, -0.15) is 0 Å². The third-order valence-corrected chi connectivity index (χ3v) is 4.28. The van der Waals surface area contributed by atoms with Gasteiger partial charge >= 0.3 is 0 Å². The van der Waals surface area contributed by atoms with Gasteiger partial charge < -0.3 is 10.1 Å². The monoisotopic (exact) mass is 304 g/mol. The van der Waals surface area contributed by atoms with Crippen LogP contribution in [-0.2, 0) is 13.0 Å². The van der Waals surface area contributed by atoms with E-state index in [2.05, 4.69) is 48.4 Å². The van der Waals surface area contributed by atoms with Crippen LogP contribution in [0.2, 0.25) is 0 Å². The smallest absolute Gasteiger partial charge is 0.124 e. The van der Waals surface area contributed by atoms with Gasteiger partial charge in [-0.15, -0.1) is 11.3 Å². The summed E-state index contributed by atoms with van der Waals surface area (Å²) in [6.45, 7) is 8.02. The number of nitrogens with zero attached hydrogens (tertiary/aromatic N) is 1. The molecular weight excluding hydrogens is 280 g/mol. The molecule has 1 unspecified atom stereocenters. The SMILES string of the molecule is CCNC(C)CCc1ccc(OCc2cnc(C)s2)cc1. The quantitative estimate of drug-likeness (QED) is 0.801. The van der Waals surface area contributed by atoms with Crippen LogP contribution >= 0.6 is 11.3 Å². The van der Waals surface area contributed by atoms with E-state index >= 15 is 0 Å². The lowest BCUT2D eigenvalue weighted by molar-refractivity contribution is 0.309. The minimum absolute atomic E-state index is 0.570. The molecule has 4 heteroatoms. The van der Waals surface area contributed by atoms with Crippen molar-refractivity contribution >= 4 is 11.3 Å². The van der Waals surface area contributed by atoms with Crippen molar-refractivity contribution < 1.29 is 4.74 Å². The Balaban J connectivity index is 1.78. The molecule has 0 aliphatic rings. The van der Waals surface area contributed by atoms with Crippen molar-refractivity contribution in [1.82, 2.24) is 10.3 Å². The molecule has 0 saturated carbocycles. The summed E-state index contributed by atoms with van der Waals surface area (Å²) in [5, 5.41) is 4.52. The van der Waals surface area contributed by atoms with E-state index in [0.717, 1.165) is 35.0 Å². The van der Waals surface area contributed by atoms with Gasteiger partial charge in [-0.05, 0) is 50.9 Å². The molecular formula is C17H24N2OS. The summed E-state index contributed by atoms with van der Waals surface area (Å²) in [5.41, 5.74) is 1.36. The highest BCUT2D eigenvalue weighted by Crippen LogP contribution is 2.18. The molecule has 21 heavy (non-hydrogen) atoms. The van der Waals surface area contributed by atoms with Gasteiger partial charge in [0.2, 0.25) is 0 Å². The molecule has 1 aromatic carbocycles. The maximum absolute atomic E-state index is 5.78. The number of nitrogens with one attached hydrogen (secondary N) is 1. The van der Waals surface area contributed by atoms with E-state index in [1.165, 1.54) is 5.56 Å². The van der Waals surface area contributed by atoms with Crippen LogP contribution in [0.4, 0.5) is 0 Å². The summed E-state index contributed by atoms with van der Waals surface area (Å²) in [6.07, 6.45) is 4.15. The van der Waals surface area contributed by atoms with Crippen molar-refractivity contribution in [2.75, 3.05) is 6.54 Å². The van der Waals surface area contributed by atoms with E-state index in [9.17, 15) is 0 Å². The standard InChI is InChI=1S/C17H24N2OS/c1-4-18-13(2)5-6-15-7-9-16(10-8-15)20-12-17-11-19-14(3)21-17/h7-11,13,18H,4-6,12H2,1-3H3. The van der Waals surface area contributed by atoms with E-state index in [-0.39, 0.29) is 0 Å². The van der Waals surface area contributed by atoms with E-state index in [0.29, 0.717) is 12.6 Å². The van der Waals surface area contributed by atoms with Gasteiger partial charge in [0.15, 0.2) is 0 Å². The van der Waals surface area contributed by atoms with E-state index < -0.39 is 0 Å². The Hall–Kier alpha value is -1.39. The molecule has 0 radical (unpaired) electrons. The molecule has 2 aromatic rings. The lowest BCUT2D eigenvalue weighted by Crippen LogP contribution is -2.25. The number of rotatable bonds is 8. The molecule has 0 fully saturated rings. The Morgan fingerprint density at radius 3 is 2.67 bits per heavy atom. The molecule has 1 aromatic heterocycles. The molecule has 1 atom stereocenters. The van der Waals surface area contributed by atoms with Crippen LogP contribution in [0.15, 0.2) is 30.5 Å². The third-order valence-electron chi connectivity index (χ3n) is 3.39. The van der Waals surface area contributed by atoms with Crippen molar-refractivity contribution in [3.63, 3.8) is 0 Å². The largest absolute Gasteiger partial charge is 0.488 e. The number of ether oxygens (including phenoxy) is 1. The van der Waals surface area contributed by atoms with Crippen molar-refractivity contribution in [2.45, 2.75) is 46.3 Å². The highest BCUT2D eigenvalue weighted by molar-refractivity contribution is 7.11. The highest BCUT2D eigenvalue weighted by atomic mass is 32.1. The number of hydrogen-bond acceptors (Lipinski definition) is 4. The summed E-state index contributed by atoms with van der Waals surface area (Å²) in [7, 11) is 0. The molecule has 0 spiro atoms. The zero-order valence-corrected chi connectivity index (χ0v) is 13.9. The van der Waals surface area contributed by atoms with Gasteiger partial charge in [0, 0.05) is 12.2 Å². The average molecular weight is 304 g/mol. The van der Waals surface area contributed by atoms with E-state index in [4.69, 9.17) is 4.74 Å². The fraction of sp³-hybridized carbons (Fsp3) is 0.471. The number of benzene rings is 1. The van der Waals surface area contributed by atoms with Gasteiger partial charge in [-0.1, -0.05) is 19.1 Å². The predicted octanol–water partition coefficient (Wildman–Crippen LogP) is 3.96. The fourth-order valence-electron chi connectivity index (χ4n) is 2.21. The van der Waals surface area contributed by atoms with Crippen molar-refractivity contribution in [2.24, 2.45) is 0 Å². The molecule has 0 bridgehead atoms. The molecule has 0 saturated heterocycles. The van der Waals surface area contributed by atoms with E-state index in [1.54, 1.807) is 11.3 Å². The number of aromatic nitrogens is 1. The molecule has 0 aliphatic carbocycles. The first-order valence-corrected chi connectivity index (χ1v) is 8.35. The lowest BCUT2D eigenvalue weighted by Gasteiger charge is -2.12. The van der Waals surface area contributed by atoms with Crippen LogP contribution in [0.1, 0.15) is 35.7 Å². The second-order valence-corrected chi connectivity index (χ2v) is 6.59. The third kappa shape index (κ3) is 5.48. The normalized spacial score (nSPS) is 12.3. The van der Waals surface area contributed by atoms with Crippen LogP contribution in [0.3, 0.4) is 0 Å². The zero-order valence-electron chi connectivity index (χ0n) is 13.1. The Morgan fingerprint density at radius 2 is 2.05 bits per heavy atom. The van der Waals surface area contributed by atoms with Gasteiger partial charge in [0.05, 0.1) is 9.88 Å². The van der Waals surface area contributed by atoms with Crippen molar-refractivity contribution in [3.8, 4) is 5.75 Å².